The summed E-state index contributed by atoms with van der Waals surface area (Å²) in [5.41, 5.74) is 0.670. The van der Waals surface area contributed by atoms with E-state index < -0.39 is 0 Å². The Morgan fingerprint density at radius 1 is 1.67 bits per heavy atom. The highest BCUT2D eigenvalue weighted by molar-refractivity contribution is 5.72. The summed E-state index contributed by atoms with van der Waals surface area (Å²) < 4.78 is 0. The quantitative estimate of drug-likeness (QED) is 0.516. The molecule has 0 heterocycles. The summed E-state index contributed by atoms with van der Waals surface area (Å²) >= 11 is 0. The highest BCUT2D eigenvalue weighted by atomic mass is 16.1. The van der Waals surface area contributed by atoms with Crippen LogP contribution in [0.1, 0.15) is 6.92 Å². The first-order valence-corrected chi connectivity index (χ1v) is 2.86. The fourth-order valence-corrected chi connectivity index (χ4v) is 0.361. The van der Waals surface area contributed by atoms with Crippen LogP contribution in [0.15, 0.2) is 11.6 Å². The van der Waals surface area contributed by atoms with Crippen molar-refractivity contribution in [2.75, 3.05) is 20.6 Å². The molecule has 0 saturated carbocycles. The minimum Gasteiger partial charge on any atom is -0.306 e. The molecule has 0 aromatic heterocycles. The van der Waals surface area contributed by atoms with Gasteiger partial charge >= 0.3 is 0 Å². The van der Waals surface area contributed by atoms with Crippen LogP contribution < -0.4 is 0 Å². The fraction of sp³-hybridized carbons (Fsp3) is 0.571. The van der Waals surface area contributed by atoms with E-state index in [0.717, 1.165) is 6.54 Å². The molecule has 0 bridgehead atoms. The lowest BCUT2D eigenvalue weighted by Gasteiger charge is -2.03. The van der Waals surface area contributed by atoms with Gasteiger partial charge in [-0.15, -0.1) is 0 Å². The van der Waals surface area contributed by atoms with E-state index in [1.807, 2.05) is 25.1 Å². The first kappa shape index (κ1) is 8.37. The van der Waals surface area contributed by atoms with Crippen molar-refractivity contribution in [3.05, 3.63) is 11.6 Å². The van der Waals surface area contributed by atoms with E-state index in [1.165, 1.54) is 0 Å². The third-order valence-corrected chi connectivity index (χ3v) is 0.924. The van der Waals surface area contributed by atoms with Gasteiger partial charge in [0.05, 0.1) is 0 Å². The van der Waals surface area contributed by atoms with Gasteiger partial charge in [-0.3, -0.25) is 4.79 Å². The molecule has 2 heteroatoms. The molecule has 0 fully saturated rings. The van der Waals surface area contributed by atoms with E-state index in [9.17, 15) is 4.79 Å². The second-order valence-corrected chi connectivity index (χ2v) is 2.25. The van der Waals surface area contributed by atoms with Gasteiger partial charge in [0.25, 0.3) is 0 Å². The largest absolute Gasteiger partial charge is 0.306 e. The van der Waals surface area contributed by atoms with Gasteiger partial charge in [-0.05, 0) is 26.6 Å². The second kappa shape index (κ2) is 4.27. The molecule has 9 heavy (non-hydrogen) atoms. The van der Waals surface area contributed by atoms with Crippen molar-refractivity contribution >= 4 is 6.29 Å². The maximum Gasteiger partial charge on any atom is 0.228 e. The highest BCUT2D eigenvalue weighted by Crippen LogP contribution is 1.85. The summed E-state index contributed by atoms with van der Waals surface area (Å²) in [5.74, 6) is 0. The molecule has 0 aromatic carbocycles. The molecule has 0 atom stereocenters. The van der Waals surface area contributed by atoms with E-state index in [2.05, 4.69) is 0 Å². The summed E-state index contributed by atoms with van der Waals surface area (Å²) in [7, 11) is 3.91. The Morgan fingerprint density at radius 3 is 2.56 bits per heavy atom. The maximum absolute atomic E-state index is 9.91. The van der Waals surface area contributed by atoms with Crippen LogP contribution in [0.3, 0.4) is 0 Å². The summed E-state index contributed by atoms with van der Waals surface area (Å²) in [6.45, 7) is 2.55. The lowest BCUT2D eigenvalue weighted by atomic mass is 10.3. The van der Waals surface area contributed by atoms with E-state index in [4.69, 9.17) is 0 Å². The van der Waals surface area contributed by atoms with Crippen molar-refractivity contribution in [3.63, 3.8) is 0 Å². The number of allylic oxidation sites excluding steroid dienone is 1. The van der Waals surface area contributed by atoms with Gasteiger partial charge in [0.15, 0.2) is 0 Å². The van der Waals surface area contributed by atoms with Gasteiger partial charge in [-0.2, -0.15) is 0 Å². The summed E-state index contributed by atoms with van der Waals surface area (Å²) in [6.07, 6.45) is 3.64. The Labute approximate surface area is 56.2 Å². The predicted molar refractivity (Wildman–Crippen MR) is 38.0 cm³/mol. The summed E-state index contributed by atoms with van der Waals surface area (Å²) in [4.78, 5) is 11.9. The third kappa shape index (κ3) is 5.24. The topological polar surface area (TPSA) is 20.3 Å². The van der Waals surface area contributed by atoms with Crippen molar-refractivity contribution in [2.45, 2.75) is 6.92 Å². The number of likely N-dealkylation sites (N-methyl/N-ethyl adjacent to an activating group) is 1. The predicted octanol–water partition coefficient (Wildman–Crippen LogP) is 0.604. The van der Waals surface area contributed by atoms with E-state index in [1.54, 1.807) is 13.2 Å². The molecule has 0 N–H and O–H groups in total. The van der Waals surface area contributed by atoms with Crippen molar-refractivity contribution in [1.29, 1.82) is 0 Å². The first-order chi connectivity index (χ1) is 4.16. The number of hydrogen-bond acceptors (Lipinski definition) is 2. The van der Waals surface area contributed by atoms with Crippen molar-refractivity contribution in [1.82, 2.24) is 4.90 Å². The molecule has 0 aromatic rings. The smallest absolute Gasteiger partial charge is 0.228 e. The monoisotopic (exact) mass is 126 g/mol. The molecule has 51 valence electrons. The van der Waals surface area contributed by atoms with Crippen LogP contribution in [0, 0.1) is 0 Å². The molecule has 0 aliphatic heterocycles. The van der Waals surface area contributed by atoms with Crippen molar-refractivity contribution in [3.8, 4) is 0 Å². The van der Waals surface area contributed by atoms with Gasteiger partial charge in [0.2, 0.25) is 6.29 Å². The van der Waals surface area contributed by atoms with Crippen LogP contribution in [0.4, 0.5) is 0 Å². The lowest BCUT2D eigenvalue weighted by molar-refractivity contribution is 0.455. The molecule has 0 saturated heterocycles. The second-order valence-electron chi connectivity index (χ2n) is 2.25. The van der Waals surface area contributed by atoms with Gasteiger partial charge in [-0.25, -0.2) is 0 Å². The Bertz CT molecular complexity index is 116. The Balaban J connectivity index is 3.56. The van der Waals surface area contributed by atoms with Crippen molar-refractivity contribution in [2.24, 2.45) is 0 Å². The minimum absolute atomic E-state index is 0.670. The molecule has 2 nitrogen and oxygen atoms in total. The molecule has 0 unspecified atom stereocenters. The normalized spacial score (nSPS) is 12.2. The Morgan fingerprint density at radius 2 is 2.22 bits per heavy atom. The standard InChI is InChI=1S/C7H12NO/c1-7(6-9)4-5-8(2)3/h4H,5H2,1-3H3. The third-order valence-electron chi connectivity index (χ3n) is 0.924. The number of rotatable bonds is 3. The molecule has 0 aliphatic carbocycles. The van der Waals surface area contributed by atoms with E-state index in [0.29, 0.717) is 5.57 Å². The summed E-state index contributed by atoms with van der Waals surface area (Å²) in [6, 6.07) is 0. The zero-order chi connectivity index (χ0) is 7.28. The average molecular weight is 126 g/mol. The van der Waals surface area contributed by atoms with Crippen molar-refractivity contribution < 1.29 is 4.79 Å². The van der Waals surface area contributed by atoms with Crippen LogP contribution in [0.25, 0.3) is 0 Å². The zero-order valence-corrected chi connectivity index (χ0v) is 6.14. The van der Waals surface area contributed by atoms with E-state index in [-0.39, 0.29) is 0 Å². The van der Waals surface area contributed by atoms with Crippen LogP contribution in [0.5, 0.6) is 0 Å². The molecule has 0 amide bonds. The number of hydrogen-bond donors (Lipinski definition) is 0. The van der Waals surface area contributed by atoms with Gasteiger partial charge in [0, 0.05) is 6.54 Å². The first-order valence-electron chi connectivity index (χ1n) is 2.86. The SMILES string of the molecule is CC([C]=O)=CCN(C)C. The van der Waals surface area contributed by atoms with Crippen LogP contribution in [0.2, 0.25) is 0 Å². The fourth-order valence-electron chi connectivity index (χ4n) is 0.361. The maximum atomic E-state index is 9.91. The highest BCUT2D eigenvalue weighted by Gasteiger charge is 1.86. The van der Waals surface area contributed by atoms with Gasteiger partial charge < -0.3 is 4.90 Å². The van der Waals surface area contributed by atoms with E-state index >= 15 is 0 Å². The molecule has 0 rings (SSSR count). The Hall–Kier alpha value is -0.630. The molecular weight excluding hydrogens is 114 g/mol. The van der Waals surface area contributed by atoms with Gasteiger partial charge in [-0.1, -0.05) is 6.08 Å². The number of nitrogens with zero attached hydrogens (tertiary/aromatic N) is 1. The molecular formula is C7H12NO. The van der Waals surface area contributed by atoms with Crippen LogP contribution in [-0.4, -0.2) is 31.8 Å². The molecule has 0 aliphatic rings. The lowest BCUT2D eigenvalue weighted by Crippen LogP contribution is -2.11. The Kier molecular flexibility index (Phi) is 3.97. The molecule has 1 radical (unpaired) electrons. The van der Waals surface area contributed by atoms with Gasteiger partial charge in [0.1, 0.15) is 0 Å². The summed E-state index contributed by atoms with van der Waals surface area (Å²) in [5, 5.41) is 0. The average Bonchev–Trinajstić information content (AvgIpc) is 1.83. The minimum atomic E-state index is 0.670. The van der Waals surface area contributed by atoms with Crippen LogP contribution >= 0.6 is 0 Å². The molecule has 0 spiro atoms. The zero-order valence-electron chi connectivity index (χ0n) is 6.14. The van der Waals surface area contributed by atoms with Crippen LogP contribution in [-0.2, 0) is 4.79 Å². The number of carbonyl (C=O) groups excluding carboxylic acids is 1.